The molecule has 0 aromatic heterocycles. The van der Waals surface area contributed by atoms with E-state index in [9.17, 15) is 0 Å². The fourth-order valence-corrected chi connectivity index (χ4v) is 4.19. The molecule has 0 amide bonds. The van der Waals surface area contributed by atoms with Gasteiger partial charge in [-0.05, 0) is 49.4 Å². The number of hydrogen-bond donors (Lipinski definition) is 0. The van der Waals surface area contributed by atoms with E-state index in [1.165, 1.54) is 38.5 Å². The van der Waals surface area contributed by atoms with Gasteiger partial charge in [-0.1, -0.05) is 6.42 Å². The molecule has 0 heterocycles. The van der Waals surface area contributed by atoms with Gasteiger partial charge in [0.25, 0.3) is 0 Å². The van der Waals surface area contributed by atoms with Crippen LogP contribution in [-0.2, 0) is 0 Å². The van der Waals surface area contributed by atoms with Crippen LogP contribution < -0.4 is 0 Å². The lowest BCUT2D eigenvalue weighted by Gasteiger charge is -2.43. The molecule has 0 aliphatic heterocycles. The van der Waals surface area contributed by atoms with Crippen molar-refractivity contribution in [2.75, 3.05) is 0 Å². The molecule has 12 heavy (non-hydrogen) atoms. The summed E-state index contributed by atoms with van der Waals surface area (Å²) in [6.07, 6.45) is 8.36. The summed E-state index contributed by atoms with van der Waals surface area (Å²) < 4.78 is 0. The Morgan fingerprint density at radius 2 is 2.08 bits per heavy atom. The highest BCUT2D eigenvalue weighted by atomic mass is 14.6. The molecule has 3 atom stereocenters. The van der Waals surface area contributed by atoms with Crippen molar-refractivity contribution in [2.45, 2.75) is 38.5 Å². The van der Waals surface area contributed by atoms with Gasteiger partial charge in [0.05, 0.1) is 6.07 Å². The number of hydrogen-bond acceptors (Lipinski definition) is 1. The molecule has 0 saturated heterocycles. The summed E-state index contributed by atoms with van der Waals surface area (Å²) in [4.78, 5) is 0. The molecule has 0 aromatic carbocycles. The van der Waals surface area contributed by atoms with Crippen molar-refractivity contribution in [1.82, 2.24) is 0 Å². The second kappa shape index (κ2) is 2.05. The maximum Gasteiger partial charge on any atom is 0.0659 e. The van der Waals surface area contributed by atoms with Crippen molar-refractivity contribution >= 4 is 0 Å². The predicted molar refractivity (Wildman–Crippen MR) is 46.2 cm³/mol. The highest BCUT2D eigenvalue weighted by Gasteiger charge is 2.60. The lowest BCUT2D eigenvalue weighted by Crippen LogP contribution is -2.34. The molecule has 0 radical (unpaired) electrons. The summed E-state index contributed by atoms with van der Waals surface area (Å²) in [5.41, 5.74) is 0.695. The standard InChI is InChI=1S/C11H15N/c12-7-8-6-9-2-3-10(8)11(9)4-1-5-11/h8-10H,1-6H2. The first kappa shape index (κ1) is 6.95. The first-order valence-corrected chi connectivity index (χ1v) is 5.26. The van der Waals surface area contributed by atoms with Gasteiger partial charge in [-0.15, -0.1) is 0 Å². The monoisotopic (exact) mass is 161 g/mol. The summed E-state index contributed by atoms with van der Waals surface area (Å²) in [5.74, 6) is 2.19. The molecule has 1 heteroatoms. The molecule has 0 aromatic rings. The van der Waals surface area contributed by atoms with Gasteiger partial charge >= 0.3 is 0 Å². The van der Waals surface area contributed by atoms with Crippen LogP contribution in [0.25, 0.3) is 0 Å². The normalized spacial score (nSPS) is 47.4. The van der Waals surface area contributed by atoms with Gasteiger partial charge in [0.2, 0.25) is 0 Å². The van der Waals surface area contributed by atoms with E-state index in [-0.39, 0.29) is 0 Å². The van der Waals surface area contributed by atoms with Gasteiger partial charge in [-0.2, -0.15) is 5.26 Å². The Bertz CT molecular complexity index is 246. The van der Waals surface area contributed by atoms with Crippen LogP contribution >= 0.6 is 0 Å². The van der Waals surface area contributed by atoms with Crippen molar-refractivity contribution in [3.63, 3.8) is 0 Å². The Labute approximate surface area is 73.8 Å². The summed E-state index contributed by atoms with van der Waals surface area (Å²) in [6, 6.07) is 2.52. The molecule has 3 aliphatic rings. The van der Waals surface area contributed by atoms with Crippen LogP contribution in [0.5, 0.6) is 0 Å². The van der Waals surface area contributed by atoms with Crippen LogP contribution in [0.2, 0.25) is 0 Å². The van der Waals surface area contributed by atoms with Crippen LogP contribution in [-0.4, -0.2) is 0 Å². The summed E-state index contributed by atoms with van der Waals surface area (Å²) in [6.45, 7) is 0. The average Bonchev–Trinajstić information content (AvgIpc) is 2.53. The van der Waals surface area contributed by atoms with Crippen molar-refractivity contribution in [2.24, 2.45) is 23.2 Å². The molecular formula is C11H15N. The van der Waals surface area contributed by atoms with Crippen LogP contribution in [0.1, 0.15) is 38.5 Å². The maximum absolute atomic E-state index is 8.99. The molecule has 3 saturated carbocycles. The molecule has 0 N–H and O–H groups in total. The molecule has 3 aliphatic carbocycles. The van der Waals surface area contributed by atoms with E-state index >= 15 is 0 Å². The lowest BCUT2D eigenvalue weighted by atomic mass is 9.61. The Morgan fingerprint density at radius 1 is 1.25 bits per heavy atom. The van der Waals surface area contributed by atoms with E-state index in [1.807, 2.05) is 0 Å². The van der Waals surface area contributed by atoms with E-state index in [2.05, 4.69) is 6.07 Å². The number of rotatable bonds is 0. The fourth-order valence-electron chi connectivity index (χ4n) is 4.19. The van der Waals surface area contributed by atoms with Gasteiger partial charge in [0.1, 0.15) is 0 Å². The van der Waals surface area contributed by atoms with Gasteiger partial charge in [0, 0.05) is 5.92 Å². The lowest BCUT2D eigenvalue weighted by molar-refractivity contribution is 0.0662. The van der Waals surface area contributed by atoms with Gasteiger partial charge < -0.3 is 0 Å². The van der Waals surface area contributed by atoms with E-state index < -0.39 is 0 Å². The third kappa shape index (κ3) is 0.575. The van der Waals surface area contributed by atoms with Crippen molar-refractivity contribution in [3.8, 4) is 6.07 Å². The first-order chi connectivity index (χ1) is 5.87. The van der Waals surface area contributed by atoms with E-state index in [0.29, 0.717) is 11.3 Å². The molecule has 64 valence electrons. The SMILES string of the molecule is N#CC1CC2CCC1C21CCC1. The number of nitriles is 1. The minimum absolute atomic E-state index is 0.434. The summed E-state index contributed by atoms with van der Waals surface area (Å²) >= 11 is 0. The second-order valence-electron chi connectivity index (χ2n) is 4.94. The highest BCUT2D eigenvalue weighted by molar-refractivity contribution is 5.14. The zero-order valence-corrected chi connectivity index (χ0v) is 7.42. The third-order valence-corrected chi connectivity index (χ3v) is 4.85. The molecule has 1 spiro atoms. The minimum atomic E-state index is 0.434. The zero-order valence-electron chi connectivity index (χ0n) is 7.42. The maximum atomic E-state index is 8.99. The van der Waals surface area contributed by atoms with Gasteiger partial charge in [-0.3, -0.25) is 0 Å². The van der Waals surface area contributed by atoms with Crippen LogP contribution in [0.3, 0.4) is 0 Å². The quantitative estimate of drug-likeness (QED) is 0.536. The van der Waals surface area contributed by atoms with Gasteiger partial charge in [-0.25, -0.2) is 0 Å². The predicted octanol–water partition coefficient (Wildman–Crippen LogP) is 2.73. The molecule has 1 nitrogen and oxygen atoms in total. The highest BCUT2D eigenvalue weighted by Crippen LogP contribution is 2.68. The Hall–Kier alpha value is -0.510. The van der Waals surface area contributed by atoms with E-state index in [0.717, 1.165) is 11.8 Å². The van der Waals surface area contributed by atoms with E-state index in [1.54, 1.807) is 0 Å². The molecule has 2 bridgehead atoms. The van der Waals surface area contributed by atoms with Gasteiger partial charge in [0.15, 0.2) is 0 Å². The van der Waals surface area contributed by atoms with E-state index in [4.69, 9.17) is 5.26 Å². The Morgan fingerprint density at radius 3 is 2.50 bits per heavy atom. The molecule has 3 fully saturated rings. The Kier molecular flexibility index (Phi) is 1.18. The fraction of sp³-hybridized carbons (Fsp3) is 0.909. The largest absolute Gasteiger partial charge is 0.198 e. The molecule has 3 rings (SSSR count). The molecular weight excluding hydrogens is 146 g/mol. The average molecular weight is 161 g/mol. The first-order valence-electron chi connectivity index (χ1n) is 5.26. The summed E-state index contributed by atoms with van der Waals surface area (Å²) in [5, 5.41) is 8.99. The molecule has 3 unspecified atom stereocenters. The minimum Gasteiger partial charge on any atom is -0.198 e. The second-order valence-corrected chi connectivity index (χ2v) is 4.94. The topological polar surface area (TPSA) is 23.8 Å². The third-order valence-electron chi connectivity index (χ3n) is 4.85. The van der Waals surface area contributed by atoms with Crippen LogP contribution in [0.15, 0.2) is 0 Å². The summed E-state index contributed by atoms with van der Waals surface area (Å²) in [7, 11) is 0. The van der Waals surface area contributed by atoms with Crippen molar-refractivity contribution in [3.05, 3.63) is 0 Å². The van der Waals surface area contributed by atoms with Crippen LogP contribution in [0.4, 0.5) is 0 Å². The number of nitrogens with zero attached hydrogens (tertiary/aromatic N) is 1. The van der Waals surface area contributed by atoms with Crippen molar-refractivity contribution in [1.29, 1.82) is 5.26 Å². The van der Waals surface area contributed by atoms with Crippen molar-refractivity contribution < 1.29 is 0 Å². The van der Waals surface area contributed by atoms with Crippen LogP contribution in [0, 0.1) is 34.5 Å². The Balaban J connectivity index is 1.94. The smallest absolute Gasteiger partial charge is 0.0659 e. The zero-order chi connectivity index (χ0) is 8.18.